The number of nitrogens with zero attached hydrogens (tertiary/aromatic N) is 2. The molecule has 0 fully saturated rings. The molecule has 0 atom stereocenters. The molecule has 0 bridgehead atoms. The molecule has 2 heterocycles. The van der Waals surface area contributed by atoms with Crippen LogP contribution in [0.5, 0.6) is 5.75 Å². The van der Waals surface area contributed by atoms with E-state index in [2.05, 4.69) is 16.9 Å². The Morgan fingerprint density at radius 3 is 2.86 bits per heavy atom. The minimum Gasteiger partial charge on any atom is -0.482 e. The molecule has 0 saturated carbocycles. The minimum absolute atomic E-state index is 0.00638. The van der Waals surface area contributed by atoms with E-state index in [1.807, 2.05) is 39.0 Å². The average molecular weight is 400 g/mol. The average Bonchev–Trinajstić information content (AvgIpc) is 3.04. The highest BCUT2D eigenvalue weighted by Gasteiger charge is 2.26. The number of hydrogen-bond donors (Lipinski definition) is 1. The maximum atomic E-state index is 12.4. The summed E-state index contributed by atoms with van der Waals surface area (Å²) in [7, 11) is 0. The zero-order valence-corrected chi connectivity index (χ0v) is 17.3. The molecule has 1 aliphatic rings. The molecular weight excluding hydrogens is 374 g/mol. The molecule has 0 saturated heterocycles. The van der Waals surface area contributed by atoms with Crippen LogP contribution in [0.4, 0.5) is 10.8 Å². The number of anilines is 2. The van der Waals surface area contributed by atoms with Gasteiger partial charge in [-0.2, -0.15) is 0 Å². The molecule has 1 aromatic carbocycles. The zero-order valence-electron chi connectivity index (χ0n) is 16.4. The smallest absolute Gasteiger partial charge is 0.265 e. The van der Waals surface area contributed by atoms with Gasteiger partial charge in [-0.3, -0.25) is 9.59 Å². The molecule has 0 aliphatic carbocycles. The van der Waals surface area contributed by atoms with Gasteiger partial charge in [0.05, 0.1) is 11.4 Å². The van der Waals surface area contributed by atoms with Crippen LogP contribution in [-0.4, -0.2) is 29.9 Å². The van der Waals surface area contributed by atoms with Crippen molar-refractivity contribution >= 4 is 34.0 Å². The van der Waals surface area contributed by atoms with E-state index in [0.717, 1.165) is 29.0 Å². The summed E-state index contributed by atoms with van der Waals surface area (Å²) in [5, 5.41) is 3.53. The van der Waals surface area contributed by atoms with Gasteiger partial charge in [-0.15, -0.1) is 17.9 Å². The number of nitrogens with one attached hydrogen (secondary N) is 1. The second-order valence-corrected chi connectivity index (χ2v) is 7.89. The molecule has 148 valence electrons. The van der Waals surface area contributed by atoms with E-state index in [-0.39, 0.29) is 24.3 Å². The Morgan fingerprint density at radius 2 is 2.18 bits per heavy atom. The third-order valence-electron chi connectivity index (χ3n) is 4.87. The van der Waals surface area contributed by atoms with E-state index in [4.69, 9.17) is 4.74 Å². The lowest BCUT2D eigenvalue weighted by Crippen LogP contribution is -2.38. The summed E-state index contributed by atoms with van der Waals surface area (Å²) in [6, 6.07) is 5.69. The minimum atomic E-state index is -0.0994. The Labute approximate surface area is 169 Å². The highest BCUT2D eigenvalue weighted by Crippen LogP contribution is 2.38. The molecule has 0 unspecified atom stereocenters. The van der Waals surface area contributed by atoms with Crippen molar-refractivity contribution in [3.05, 3.63) is 35.7 Å². The van der Waals surface area contributed by atoms with E-state index >= 15 is 0 Å². The fraction of sp³-hybridized carbons (Fsp3) is 0.381. The molecule has 2 amide bonds. The van der Waals surface area contributed by atoms with E-state index in [1.54, 1.807) is 11.0 Å². The molecule has 1 aromatic heterocycles. The summed E-state index contributed by atoms with van der Waals surface area (Å²) in [5.41, 5.74) is 2.38. The van der Waals surface area contributed by atoms with E-state index in [1.165, 1.54) is 11.3 Å². The predicted molar refractivity (Wildman–Crippen MR) is 113 cm³/mol. The second kappa shape index (κ2) is 8.56. The summed E-state index contributed by atoms with van der Waals surface area (Å²) in [4.78, 5) is 31.8. The lowest BCUT2D eigenvalue weighted by molar-refractivity contribution is -0.121. The third kappa shape index (κ3) is 3.94. The fourth-order valence-corrected chi connectivity index (χ4v) is 4.10. The maximum Gasteiger partial charge on any atom is 0.265 e. The van der Waals surface area contributed by atoms with Crippen LogP contribution < -0.4 is 15.0 Å². The number of carbonyl (C=O) groups is 2. The first-order valence-corrected chi connectivity index (χ1v) is 10.3. The molecule has 7 heteroatoms. The second-order valence-electron chi connectivity index (χ2n) is 6.69. The first-order valence-electron chi connectivity index (χ1n) is 9.45. The quantitative estimate of drug-likeness (QED) is 0.700. The molecule has 3 rings (SSSR count). The number of aryl methyl sites for hydroxylation is 1. The summed E-state index contributed by atoms with van der Waals surface area (Å²) in [6.45, 7) is 10.2. The van der Waals surface area contributed by atoms with Gasteiger partial charge in [0.25, 0.3) is 5.91 Å². The number of carbonyl (C=O) groups excluding carboxylic acids is 2. The number of benzene rings is 1. The number of thiazole rings is 1. The molecule has 2 aromatic rings. The molecule has 0 radical (unpaired) electrons. The molecule has 1 N–H and O–H groups in total. The van der Waals surface area contributed by atoms with Gasteiger partial charge < -0.3 is 15.0 Å². The highest BCUT2D eigenvalue weighted by molar-refractivity contribution is 7.16. The van der Waals surface area contributed by atoms with Crippen molar-refractivity contribution in [2.24, 2.45) is 5.92 Å². The third-order valence-corrected chi connectivity index (χ3v) is 5.76. The summed E-state index contributed by atoms with van der Waals surface area (Å²) >= 11 is 1.45. The summed E-state index contributed by atoms with van der Waals surface area (Å²) in [5.74, 6) is 0.567. The lowest BCUT2D eigenvalue weighted by atomic mass is 10.0. The topological polar surface area (TPSA) is 71.5 Å². The molecular formula is C21H25N3O3S. The van der Waals surface area contributed by atoms with Gasteiger partial charge in [0.1, 0.15) is 5.75 Å². The van der Waals surface area contributed by atoms with Crippen LogP contribution in [0.25, 0.3) is 11.3 Å². The Balaban J connectivity index is 1.90. The van der Waals surface area contributed by atoms with Crippen molar-refractivity contribution in [2.75, 3.05) is 23.4 Å². The van der Waals surface area contributed by atoms with Gasteiger partial charge >= 0.3 is 0 Å². The van der Waals surface area contributed by atoms with Crippen LogP contribution >= 0.6 is 11.3 Å². The maximum absolute atomic E-state index is 12.4. The van der Waals surface area contributed by atoms with Crippen molar-refractivity contribution in [1.82, 2.24) is 4.98 Å². The number of ether oxygens (including phenoxy) is 1. The molecule has 0 spiro atoms. The first-order chi connectivity index (χ1) is 13.5. The van der Waals surface area contributed by atoms with Gasteiger partial charge in [0.15, 0.2) is 11.7 Å². The van der Waals surface area contributed by atoms with Crippen LogP contribution in [0.3, 0.4) is 0 Å². The SMILES string of the molecule is C=CCN1C(=O)COc2ccc(-c3nc(NC(=O)C(CC)CC)sc3C)cc21. The van der Waals surface area contributed by atoms with Crippen molar-refractivity contribution in [2.45, 2.75) is 33.6 Å². The Bertz CT molecular complexity index is 902. The normalized spacial score (nSPS) is 13.3. The van der Waals surface area contributed by atoms with E-state index in [9.17, 15) is 9.59 Å². The number of amides is 2. The number of aromatic nitrogens is 1. The number of fused-ring (bicyclic) bond motifs is 1. The van der Waals surface area contributed by atoms with Crippen LogP contribution in [0.1, 0.15) is 31.6 Å². The Morgan fingerprint density at radius 1 is 1.43 bits per heavy atom. The summed E-state index contributed by atoms with van der Waals surface area (Å²) in [6.07, 6.45) is 3.30. The van der Waals surface area contributed by atoms with Crippen LogP contribution in [-0.2, 0) is 9.59 Å². The Kier molecular flexibility index (Phi) is 6.14. The molecule has 1 aliphatic heterocycles. The standard InChI is InChI=1S/C21H25N3O3S/c1-5-10-24-16-11-15(8-9-17(16)27-12-18(24)25)19-13(4)28-21(22-19)23-20(26)14(6-2)7-3/h5,8-9,11,14H,1,6-7,10,12H2,2-4H3,(H,22,23,26). The fourth-order valence-electron chi connectivity index (χ4n) is 3.26. The van der Waals surface area contributed by atoms with Crippen molar-refractivity contribution in [1.29, 1.82) is 0 Å². The molecule has 6 nitrogen and oxygen atoms in total. The summed E-state index contributed by atoms with van der Waals surface area (Å²) < 4.78 is 5.54. The van der Waals surface area contributed by atoms with E-state index < -0.39 is 0 Å². The van der Waals surface area contributed by atoms with Crippen molar-refractivity contribution < 1.29 is 14.3 Å². The van der Waals surface area contributed by atoms with Gasteiger partial charge in [0.2, 0.25) is 5.91 Å². The van der Waals surface area contributed by atoms with Crippen LogP contribution in [0.15, 0.2) is 30.9 Å². The van der Waals surface area contributed by atoms with E-state index in [0.29, 0.717) is 23.1 Å². The molecule has 28 heavy (non-hydrogen) atoms. The monoisotopic (exact) mass is 399 g/mol. The van der Waals surface area contributed by atoms with Gasteiger partial charge in [0, 0.05) is 22.9 Å². The van der Waals surface area contributed by atoms with Crippen LogP contribution in [0, 0.1) is 12.8 Å². The van der Waals surface area contributed by atoms with Crippen molar-refractivity contribution in [3.63, 3.8) is 0 Å². The first kappa shape index (κ1) is 20.1. The lowest BCUT2D eigenvalue weighted by Gasteiger charge is -2.28. The zero-order chi connectivity index (χ0) is 20.3. The number of rotatable bonds is 7. The van der Waals surface area contributed by atoms with Crippen molar-refractivity contribution in [3.8, 4) is 17.0 Å². The Hall–Kier alpha value is -2.67. The van der Waals surface area contributed by atoms with Gasteiger partial charge in [-0.05, 0) is 38.0 Å². The predicted octanol–water partition coefficient (Wildman–Crippen LogP) is 4.40. The number of hydrogen-bond acceptors (Lipinski definition) is 5. The van der Waals surface area contributed by atoms with Gasteiger partial charge in [-0.1, -0.05) is 19.9 Å². The van der Waals surface area contributed by atoms with Crippen LogP contribution in [0.2, 0.25) is 0 Å². The largest absolute Gasteiger partial charge is 0.482 e. The highest BCUT2D eigenvalue weighted by atomic mass is 32.1. The van der Waals surface area contributed by atoms with Gasteiger partial charge in [-0.25, -0.2) is 4.98 Å².